The lowest BCUT2D eigenvalue weighted by molar-refractivity contribution is -0.118. The minimum Gasteiger partial charge on any atom is -0.422 e. The first kappa shape index (κ1) is 12.4. The van der Waals surface area contributed by atoms with Gasteiger partial charge in [0.1, 0.15) is 11.4 Å². The van der Waals surface area contributed by atoms with E-state index in [2.05, 4.69) is 18.4 Å². The van der Waals surface area contributed by atoms with Crippen LogP contribution >= 0.6 is 0 Å². The van der Waals surface area contributed by atoms with Crippen LogP contribution in [0.3, 0.4) is 0 Å². The molecule has 0 radical (unpaired) electrons. The first-order valence-electron chi connectivity index (χ1n) is 6.41. The molecule has 3 rings (SSSR count). The Morgan fingerprint density at radius 1 is 1.25 bits per heavy atom. The lowest BCUT2D eigenvalue weighted by Crippen LogP contribution is -2.07. The van der Waals surface area contributed by atoms with Gasteiger partial charge in [0.2, 0.25) is 0 Å². The maximum atomic E-state index is 11.8. The molecule has 1 aliphatic carbocycles. The second kappa shape index (κ2) is 4.82. The van der Waals surface area contributed by atoms with Crippen molar-refractivity contribution in [1.29, 1.82) is 0 Å². The molecule has 0 saturated heterocycles. The van der Waals surface area contributed by atoms with Crippen LogP contribution in [0, 0.1) is 11.8 Å². The van der Waals surface area contributed by atoms with Gasteiger partial charge < -0.3 is 4.42 Å². The second-order valence-electron chi connectivity index (χ2n) is 4.76. The molecule has 0 atom stereocenters. The standard InChI is InChI=1S/C17H12O3/c1-2-11-7-14-8-13-9-15(18)6-4-3-5-12(13)10-16(14)20-17(11)19/h2,7-8,10H,1,4,6,9H2. The van der Waals surface area contributed by atoms with Crippen molar-refractivity contribution in [3.05, 3.63) is 51.9 Å². The van der Waals surface area contributed by atoms with Gasteiger partial charge in [-0.15, -0.1) is 0 Å². The Balaban J connectivity index is 2.28. The number of benzene rings is 1. The first-order valence-corrected chi connectivity index (χ1v) is 6.41. The van der Waals surface area contributed by atoms with Crippen LogP contribution in [-0.4, -0.2) is 5.78 Å². The van der Waals surface area contributed by atoms with Crippen LogP contribution in [0.15, 0.2) is 34.0 Å². The molecule has 0 spiro atoms. The van der Waals surface area contributed by atoms with E-state index in [1.807, 2.05) is 6.07 Å². The van der Waals surface area contributed by atoms with Crippen molar-refractivity contribution in [1.82, 2.24) is 0 Å². The summed E-state index contributed by atoms with van der Waals surface area (Å²) in [6.45, 7) is 3.59. The Hall–Kier alpha value is -2.60. The van der Waals surface area contributed by atoms with E-state index in [4.69, 9.17) is 4.42 Å². The molecule has 0 fully saturated rings. The van der Waals surface area contributed by atoms with E-state index in [1.165, 1.54) is 6.08 Å². The van der Waals surface area contributed by atoms with Crippen molar-refractivity contribution in [2.24, 2.45) is 0 Å². The van der Waals surface area contributed by atoms with Crippen LogP contribution < -0.4 is 5.63 Å². The third kappa shape index (κ3) is 2.17. The van der Waals surface area contributed by atoms with Crippen LogP contribution in [0.5, 0.6) is 0 Å². The van der Waals surface area contributed by atoms with Crippen LogP contribution in [0.4, 0.5) is 0 Å². The third-order valence-corrected chi connectivity index (χ3v) is 3.34. The molecule has 0 saturated carbocycles. The normalized spacial score (nSPS) is 13.9. The molecule has 0 N–H and O–H groups in total. The van der Waals surface area contributed by atoms with Gasteiger partial charge in [-0.3, -0.25) is 4.79 Å². The van der Waals surface area contributed by atoms with Crippen LogP contribution in [0.2, 0.25) is 0 Å². The Bertz CT molecular complexity index is 844. The van der Waals surface area contributed by atoms with Crippen LogP contribution in [-0.2, 0) is 11.2 Å². The summed E-state index contributed by atoms with van der Waals surface area (Å²) in [6, 6.07) is 5.34. The van der Waals surface area contributed by atoms with Crippen LogP contribution in [0.1, 0.15) is 29.5 Å². The fraction of sp³-hybridized carbons (Fsp3) is 0.176. The molecule has 20 heavy (non-hydrogen) atoms. The van der Waals surface area contributed by atoms with Crippen molar-refractivity contribution in [2.75, 3.05) is 0 Å². The summed E-state index contributed by atoms with van der Waals surface area (Å²) in [6.07, 6.45) is 2.91. The molecule has 1 aromatic heterocycles. The summed E-state index contributed by atoms with van der Waals surface area (Å²) in [5.74, 6) is 6.19. The van der Waals surface area contributed by atoms with E-state index < -0.39 is 5.63 Å². The second-order valence-corrected chi connectivity index (χ2v) is 4.76. The SMILES string of the molecule is C=Cc1cc2cc3c(cc2oc1=O)C#CCCC(=O)C3. The molecule has 0 bridgehead atoms. The molecular formula is C17H12O3. The molecular weight excluding hydrogens is 252 g/mol. The van der Waals surface area contributed by atoms with Crippen molar-refractivity contribution in [2.45, 2.75) is 19.3 Å². The summed E-state index contributed by atoms with van der Waals surface area (Å²) < 4.78 is 5.27. The molecule has 0 aliphatic heterocycles. The highest BCUT2D eigenvalue weighted by Crippen LogP contribution is 2.22. The number of Topliss-reactive ketones (excluding diaryl/α,β-unsaturated/α-hetero) is 1. The Morgan fingerprint density at radius 2 is 2.10 bits per heavy atom. The van der Waals surface area contributed by atoms with Crippen molar-refractivity contribution in [3.8, 4) is 11.8 Å². The van der Waals surface area contributed by atoms with Gasteiger partial charge in [-0.25, -0.2) is 4.79 Å². The third-order valence-electron chi connectivity index (χ3n) is 3.34. The largest absolute Gasteiger partial charge is 0.422 e. The zero-order valence-electron chi connectivity index (χ0n) is 10.9. The molecule has 2 aromatic rings. The lowest BCUT2D eigenvalue weighted by atomic mass is 9.96. The van der Waals surface area contributed by atoms with E-state index in [9.17, 15) is 9.59 Å². The van der Waals surface area contributed by atoms with E-state index >= 15 is 0 Å². The molecule has 1 aliphatic rings. The summed E-state index contributed by atoms with van der Waals surface area (Å²) in [7, 11) is 0. The molecule has 1 aromatic carbocycles. The summed E-state index contributed by atoms with van der Waals surface area (Å²) in [5, 5.41) is 0.786. The van der Waals surface area contributed by atoms with Crippen molar-refractivity contribution < 1.29 is 9.21 Å². The average molecular weight is 264 g/mol. The average Bonchev–Trinajstić information content (AvgIpc) is 2.41. The molecule has 3 nitrogen and oxygen atoms in total. The number of ketones is 1. The quantitative estimate of drug-likeness (QED) is 0.587. The van der Waals surface area contributed by atoms with E-state index in [-0.39, 0.29) is 5.78 Å². The monoisotopic (exact) mass is 264 g/mol. The molecule has 1 heterocycles. The number of hydrogen-bond acceptors (Lipinski definition) is 3. The first-order chi connectivity index (χ1) is 9.67. The maximum Gasteiger partial charge on any atom is 0.343 e. The minimum absolute atomic E-state index is 0.181. The van der Waals surface area contributed by atoms with E-state index in [1.54, 1.807) is 12.1 Å². The topological polar surface area (TPSA) is 47.3 Å². The van der Waals surface area contributed by atoms with Crippen LogP contribution in [0.25, 0.3) is 17.0 Å². The number of rotatable bonds is 1. The number of carbonyl (C=O) groups excluding carboxylic acids is 1. The van der Waals surface area contributed by atoms with Gasteiger partial charge in [0.15, 0.2) is 0 Å². The lowest BCUT2D eigenvalue weighted by Gasteiger charge is -2.08. The number of carbonyl (C=O) groups is 1. The fourth-order valence-electron chi connectivity index (χ4n) is 2.30. The molecule has 0 amide bonds. The van der Waals surface area contributed by atoms with E-state index in [0.717, 1.165) is 16.5 Å². The zero-order valence-corrected chi connectivity index (χ0v) is 10.9. The Labute approximate surface area is 115 Å². The smallest absolute Gasteiger partial charge is 0.343 e. The Morgan fingerprint density at radius 3 is 2.90 bits per heavy atom. The molecule has 0 unspecified atom stereocenters. The predicted octanol–water partition coefficient (Wildman–Crippen LogP) is 2.69. The maximum absolute atomic E-state index is 11.8. The highest BCUT2D eigenvalue weighted by atomic mass is 16.4. The van der Waals surface area contributed by atoms with Crippen molar-refractivity contribution in [3.63, 3.8) is 0 Å². The van der Waals surface area contributed by atoms with Gasteiger partial charge in [0.05, 0.1) is 5.56 Å². The summed E-state index contributed by atoms with van der Waals surface area (Å²) in [5.41, 5.74) is 2.14. The van der Waals surface area contributed by atoms with Gasteiger partial charge >= 0.3 is 5.63 Å². The zero-order chi connectivity index (χ0) is 14.1. The van der Waals surface area contributed by atoms with Gasteiger partial charge in [0, 0.05) is 30.2 Å². The minimum atomic E-state index is -0.415. The molecule has 3 heteroatoms. The van der Waals surface area contributed by atoms with Gasteiger partial charge in [0.25, 0.3) is 0 Å². The van der Waals surface area contributed by atoms with Crippen molar-refractivity contribution >= 4 is 22.8 Å². The molecule has 98 valence electrons. The summed E-state index contributed by atoms with van der Waals surface area (Å²) in [4.78, 5) is 23.4. The Kier molecular flexibility index (Phi) is 3.00. The highest BCUT2D eigenvalue weighted by molar-refractivity contribution is 5.86. The van der Waals surface area contributed by atoms with Gasteiger partial charge in [-0.05, 0) is 23.8 Å². The van der Waals surface area contributed by atoms with Gasteiger partial charge in [-0.1, -0.05) is 24.5 Å². The highest BCUT2D eigenvalue weighted by Gasteiger charge is 2.12. The fourth-order valence-corrected chi connectivity index (χ4v) is 2.30. The summed E-state index contributed by atoms with van der Waals surface area (Å²) >= 11 is 0. The van der Waals surface area contributed by atoms with Gasteiger partial charge in [-0.2, -0.15) is 0 Å². The van der Waals surface area contributed by atoms with E-state index in [0.29, 0.717) is 30.4 Å². The number of hydrogen-bond donors (Lipinski definition) is 0. The predicted molar refractivity (Wildman–Crippen MR) is 77.4 cm³/mol. The number of fused-ring (bicyclic) bond motifs is 2.